The van der Waals surface area contributed by atoms with Gasteiger partial charge in [-0.1, -0.05) is 13.8 Å². The smallest absolute Gasteiger partial charge is 0.254 e. The molecule has 0 aromatic carbocycles. The zero-order valence-electron chi connectivity index (χ0n) is 12.2. The van der Waals surface area contributed by atoms with Crippen molar-refractivity contribution in [3.63, 3.8) is 0 Å². The van der Waals surface area contributed by atoms with Gasteiger partial charge in [-0.2, -0.15) is 0 Å². The molecule has 0 saturated carbocycles. The van der Waals surface area contributed by atoms with E-state index in [2.05, 4.69) is 9.97 Å². The summed E-state index contributed by atoms with van der Waals surface area (Å²) in [4.78, 5) is 8.29. The Morgan fingerprint density at radius 2 is 1.29 bits per heavy atom. The molecule has 0 aliphatic heterocycles. The fourth-order valence-corrected chi connectivity index (χ4v) is 1.84. The minimum Gasteiger partial charge on any atom is -0.435 e. The highest BCUT2D eigenvalue weighted by molar-refractivity contribution is 5.37. The lowest BCUT2D eigenvalue weighted by Crippen LogP contribution is -2.41. The van der Waals surface area contributed by atoms with Crippen LogP contribution in [0.1, 0.15) is 26.7 Å². The minimum atomic E-state index is -0.827. The second-order valence-corrected chi connectivity index (χ2v) is 4.68. The van der Waals surface area contributed by atoms with Gasteiger partial charge in [-0.15, -0.1) is 0 Å². The number of nitrogen functional groups attached to an aromatic ring is 2. The molecule has 0 aliphatic rings. The zero-order chi connectivity index (χ0) is 15.3. The fraction of sp³-hybridized carbons (Fsp3) is 0.333. The van der Waals surface area contributed by atoms with Crippen molar-refractivity contribution in [3.05, 3.63) is 36.7 Å². The molecule has 0 atom stereocenters. The predicted octanol–water partition coefficient (Wildman–Crippen LogP) is 2.62. The molecule has 0 saturated heterocycles. The fourth-order valence-electron chi connectivity index (χ4n) is 1.84. The Kier molecular flexibility index (Phi) is 4.47. The Hall–Kier alpha value is -2.50. The van der Waals surface area contributed by atoms with Crippen molar-refractivity contribution in [1.82, 2.24) is 9.97 Å². The number of anilines is 2. The molecule has 6 nitrogen and oxygen atoms in total. The number of nitrogens with two attached hydrogens (primary N) is 2. The van der Waals surface area contributed by atoms with Gasteiger partial charge in [-0.05, 0) is 12.1 Å². The number of nitrogens with zero attached hydrogens (tertiary/aromatic N) is 2. The third kappa shape index (κ3) is 3.75. The van der Waals surface area contributed by atoms with Crippen molar-refractivity contribution in [2.45, 2.75) is 32.5 Å². The molecule has 0 unspecified atom stereocenters. The summed E-state index contributed by atoms with van der Waals surface area (Å²) in [6.07, 6.45) is 4.38. The van der Waals surface area contributed by atoms with E-state index in [1.54, 1.807) is 36.7 Å². The monoisotopic (exact) mass is 288 g/mol. The number of hydrogen-bond acceptors (Lipinski definition) is 6. The summed E-state index contributed by atoms with van der Waals surface area (Å²) < 4.78 is 11.9. The average Bonchev–Trinajstić information content (AvgIpc) is 2.51. The maximum atomic E-state index is 5.93. The van der Waals surface area contributed by atoms with Crippen LogP contribution in [0.5, 0.6) is 11.8 Å². The lowest BCUT2D eigenvalue weighted by molar-refractivity contribution is -0.123. The van der Waals surface area contributed by atoms with Gasteiger partial charge in [0.15, 0.2) is 0 Å². The summed E-state index contributed by atoms with van der Waals surface area (Å²) >= 11 is 0. The Labute approximate surface area is 124 Å². The van der Waals surface area contributed by atoms with E-state index in [4.69, 9.17) is 20.9 Å². The topological polar surface area (TPSA) is 96.3 Å². The van der Waals surface area contributed by atoms with Crippen molar-refractivity contribution in [2.75, 3.05) is 11.5 Å². The van der Waals surface area contributed by atoms with E-state index in [0.29, 0.717) is 36.0 Å². The number of pyridine rings is 2. The van der Waals surface area contributed by atoms with Crippen molar-refractivity contribution < 1.29 is 9.47 Å². The van der Waals surface area contributed by atoms with Crippen LogP contribution in [0, 0.1) is 0 Å². The molecule has 0 aliphatic carbocycles. The summed E-state index contributed by atoms with van der Waals surface area (Å²) in [5, 5.41) is 0. The Morgan fingerprint density at radius 3 is 1.57 bits per heavy atom. The maximum absolute atomic E-state index is 5.93. The quantitative estimate of drug-likeness (QED) is 0.793. The van der Waals surface area contributed by atoms with Crippen LogP contribution in [0.2, 0.25) is 0 Å². The Balaban J connectivity index is 2.19. The highest BCUT2D eigenvalue weighted by Crippen LogP contribution is 2.27. The van der Waals surface area contributed by atoms with Crippen LogP contribution in [0.3, 0.4) is 0 Å². The molecular weight excluding hydrogens is 268 g/mol. The molecule has 0 bridgehead atoms. The molecule has 4 N–H and O–H groups in total. The minimum absolute atomic E-state index is 0.461. The summed E-state index contributed by atoms with van der Waals surface area (Å²) in [7, 11) is 0. The van der Waals surface area contributed by atoms with Gasteiger partial charge in [-0.25, -0.2) is 9.97 Å². The molecule has 112 valence electrons. The summed E-state index contributed by atoms with van der Waals surface area (Å²) in [5.41, 5.74) is 12.4. The van der Waals surface area contributed by atoms with Crippen LogP contribution in [0.4, 0.5) is 11.4 Å². The van der Waals surface area contributed by atoms with E-state index in [0.717, 1.165) is 0 Å². The molecule has 0 radical (unpaired) electrons. The van der Waals surface area contributed by atoms with Crippen LogP contribution in [-0.2, 0) is 0 Å². The second-order valence-electron chi connectivity index (χ2n) is 4.68. The molecular formula is C15H20N4O2. The van der Waals surface area contributed by atoms with E-state index < -0.39 is 5.79 Å². The molecule has 2 heterocycles. The Bertz CT molecular complexity index is 516. The predicted molar refractivity (Wildman–Crippen MR) is 81.9 cm³/mol. The first-order valence-corrected chi connectivity index (χ1v) is 6.88. The molecule has 0 fully saturated rings. The second kappa shape index (κ2) is 6.30. The van der Waals surface area contributed by atoms with Crippen LogP contribution in [0.15, 0.2) is 36.7 Å². The first-order chi connectivity index (χ1) is 10.1. The van der Waals surface area contributed by atoms with Gasteiger partial charge in [0.1, 0.15) is 0 Å². The summed E-state index contributed by atoms with van der Waals surface area (Å²) in [6.45, 7) is 3.97. The molecule has 0 amide bonds. The average molecular weight is 288 g/mol. The third-order valence-electron chi connectivity index (χ3n) is 3.18. The van der Waals surface area contributed by atoms with Gasteiger partial charge in [0, 0.05) is 25.0 Å². The van der Waals surface area contributed by atoms with Gasteiger partial charge in [0.25, 0.3) is 5.79 Å². The molecule has 2 aromatic heterocycles. The normalized spacial score (nSPS) is 11.1. The van der Waals surface area contributed by atoms with Gasteiger partial charge < -0.3 is 20.9 Å². The van der Waals surface area contributed by atoms with Crippen LogP contribution in [0.25, 0.3) is 0 Å². The summed E-state index contributed by atoms with van der Waals surface area (Å²) in [6, 6.07) is 6.91. The number of rotatable bonds is 6. The Morgan fingerprint density at radius 1 is 0.857 bits per heavy atom. The third-order valence-corrected chi connectivity index (χ3v) is 3.18. The van der Waals surface area contributed by atoms with Crippen LogP contribution in [-0.4, -0.2) is 15.8 Å². The standard InChI is InChI=1S/C15H20N4O2/c1-3-15(4-2,20-13-7-5-11(16)9-18-13)21-14-8-6-12(17)10-19-14/h5-10H,3-4,16-17H2,1-2H3. The van der Waals surface area contributed by atoms with Crippen molar-refractivity contribution >= 4 is 11.4 Å². The SMILES string of the molecule is CCC(CC)(Oc1ccc(N)cn1)Oc1ccc(N)cn1. The van der Waals surface area contributed by atoms with Crippen molar-refractivity contribution in [3.8, 4) is 11.8 Å². The van der Waals surface area contributed by atoms with E-state index in [1.807, 2.05) is 13.8 Å². The van der Waals surface area contributed by atoms with Gasteiger partial charge in [0.05, 0.1) is 23.8 Å². The largest absolute Gasteiger partial charge is 0.435 e. The first-order valence-electron chi connectivity index (χ1n) is 6.88. The summed E-state index contributed by atoms with van der Waals surface area (Å²) in [5.74, 6) is 0.0957. The highest BCUT2D eigenvalue weighted by Gasteiger charge is 2.32. The molecule has 21 heavy (non-hydrogen) atoms. The van der Waals surface area contributed by atoms with Gasteiger partial charge in [0.2, 0.25) is 11.8 Å². The number of ether oxygens (including phenoxy) is 2. The molecule has 6 heteroatoms. The maximum Gasteiger partial charge on any atom is 0.254 e. The molecule has 2 aromatic rings. The van der Waals surface area contributed by atoms with Crippen LogP contribution < -0.4 is 20.9 Å². The van der Waals surface area contributed by atoms with Gasteiger partial charge >= 0.3 is 0 Å². The van der Waals surface area contributed by atoms with E-state index in [-0.39, 0.29) is 0 Å². The van der Waals surface area contributed by atoms with Crippen molar-refractivity contribution in [2.24, 2.45) is 0 Å². The highest BCUT2D eigenvalue weighted by atomic mass is 16.7. The van der Waals surface area contributed by atoms with E-state index in [1.165, 1.54) is 0 Å². The van der Waals surface area contributed by atoms with Crippen LogP contribution >= 0.6 is 0 Å². The lowest BCUT2D eigenvalue weighted by atomic mass is 10.1. The molecule has 2 rings (SSSR count). The van der Waals surface area contributed by atoms with E-state index in [9.17, 15) is 0 Å². The zero-order valence-corrected chi connectivity index (χ0v) is 12.2. The van der Waals surface area contributed by atoms with E-state index >= 15 is 0 Å². The molecule has 0 spiro atoms. The van der Waals surface area contributed by atoms with Crippen molar-refractivity contribution in [1.29, 1.82) is 0 Å². The number of aromatic nitrogens is 2. The lowest BCUT2D eigenvalue weighted by Gasteiger charge is -2.31. The first kappa shape index (κ1) is 14.9. The number of hydrogen-bond donors (Lipinski definition) is 2. The van der Waals surface area contributed by atoms with Gasteiger partial charge in [-0.3, -0.25) is 0 Å².